The van der Waals surface area contributed by atoms with E-state index in [9.17, 15) is 9.70 Å². The average molecular weight is 130 g/mol. The molecule has 0 unspecified atom stereocenters. The normalized spacial score (nSPS) is 18.9. The molecule has 1 saturated heterocycles. The van der Waals surface area contributed by atoms with Crippen LogP contribution in [0.25, 0.3) is 0 Å². The van der Waals surface area contributed by atoms with Crippen molar-refractivity contribution in [1.82, 2.24) is 5.01 Å². The largest absolute Gasteiger partial charge is 0.481 e. The van der Waals surface area contributed by atoms with E-state index in [-0.39, 0.29) is 19.0 Å². The molecule has 0 aromatic heterocycles. The molecular weight excluding hydrogens is 124 g/mol. The van der Waals surface area contributed by atoms with Crippen molar-refractivity contribution in [2.45, 2.75) is 0 Å². The quantitative estimate of drug-likeness (QED) is 0.520. The Morgan fingerprint density at radius 1 is 1.67 bits per heavy atom. The summed E-state index contributed by atoms with van der Waals surface area (Å²) >= 11 is 0. The highest BCUT2D eigenvalue weighted by molar-refractivity contribution is 5.71. The Labute approximate surface area is 51.2 Å². The third-order valence-corrected chi connectivity index (χ3v) is 1.33. The van der Waals surface area contributed by atoms with Crippen LogP contribution in [0.1, 0.15) is 0 Å². The van der Waals surface area contributed by atoms with Crippen molar-refractivity contribution in [2.75, 3.05) is 13.1 Å². The van der Waals surface area contributed by atoms with Gasteiger partial charge in [-0.25, -0.2) is 0 Å². The fourth-order valence-electron chi connectivity index (χ4n) is 0.678. The maximum atomic E-state index is 10.1. The summed E-state index contributed by atoms with van der Waals surface area (Å²) in [6, 6.07) is 0. The topological polar surface area (TPSA) is 70.0 Å². The van der Waals surface area contributed by atoms with E-state index in [4.69, 9.17) is 5.11 Å². The Hall–Kier alpha value is -1.13. The van der Waals surface area contributed by atoms with Crippen LogP contribution in [0.5, 0.6) is 0 Å². The van der Waals surface area contributed by atoms with Crippen LogP contribution in [0.4, 0.5) is 0 Å². The maximum Gasteiger partial charge on any atom is 0.310 e. The Morgan fingerprint density at radius 2 is 2.22 bits per heavy atom. The zero-order chi connectivity index (χ0) is 6.85. The van der Waals surface area contributed by atoms with Crippen molar-refractivity contribution in [2.24, 2.45) is 11.2 Å². The highest BCUT2D eigenvalue weighted by Gasteiger charge is 2.32. The Balaban J connectivity index is 2.26. The minimum absolute atomic E-state index is 0.263. The van der Waals surface area contributed by atoms with Gasteiger partial charge < -0.3 is 5.11 Å². The molecule has 0 aromatic carbocycles. The Bertz CT molecular complexity index is 141. The minimum Gasteiger partial charge on any atom is -0.481 e. The second-order valence-electron chi connectivity index (χ2n) is 1.99. The van der Waals surface area contributed by atoms with Crippen LogP contribution >= 0.6 is 0 Å². The lowest BCUT2D eigenvalue weighted by Crippen LogP contribution is -2.46. The van der Waals surface area contributed by atoms with E-state index in [2.05, 4.69) is 5.29 Å². The van der Waals surface area contributed by atoms with E-state index in [0.717, 1.165) is 0 Å². The number of carboxylic acids is 1. The van der Waals surface area contributed by atoms with Crippen LogP contribution in [-0.2, 0) is 4.79 Å². The number of carboxylic acid groups (broad SMARTS) is 1. The van der Waals surface area contributed by atoms with Crippen LogP contribution in [0.15, 0.2) is 5.29 Å². The van der Waals surface area contributed by atoms with Crippen molar-refractivity contribution in [3.63, 3.8) is 0 Å². The molecule has 1 aliphatic heterocycles. The summed E-state index contributed by atoms with van der Waals surface area (Å²) in [5.74, 6) is -1.24. The minimum atomic E-state index is -0.852. The first-order valence-electron chi connectivity index (χ1n) is 2.55. The highest BCUT2D eigenvalue weighted by atomic mass is 16.4. The van der Waals surface area contributed by atoms with E-state index < -0.39 is 5.97 Å². The van der Waals surface area contributed by atoms with Gasteiger partial charge in [-0.1, -0.05) is 0 Å². The molecule has 0 spiro atoms. The molecule has 1 N–H and O–H groups in total. The molecule has 5 heteroatoms. The van der Waals surface area contributed by atoms with Gasteiger partial charge in [0.1, 0.15) is 0 Å². The standard InChI is InChI=1S/C4H6N2O3/c7-4(8)3-1-6(2-3)5-9/h3H,1-2H2,(H,7,8). The van der Waals surface area contributed by atoms with Gasteiger partial charge in [0, 0.05) is 0 Å². The third-order valence-electron chi connectivity index (χ3n) is 1.33. The van der Waals surface area contributed by atoms with Crippen LogP contribution < -0.4 is 0 Å². The molecule has 9 heavy (non-hydrogen) atoms. The molecule has 0 saturated carbocycles. The van der Waals surface area contributed by atoms with Gasteiger partial charge in [-0.15, -0.1) is 4.91 Å². The van der Waals surface area contributed by atoms with Crippen molar-refractivity contribution >= 4 is 5.97 Å². The van der Waals surface area contributed by atoms with E-state index in [1.54, 1.807) is 0 Å². The predicted octanol–water partition coefficient (Wildman–Crippen LogP) is -0.316. The van der Waals surface area contributed by atoms with Gasteiger partial charge in [-0.2, -0.15) is 0 Å². The van der Waals surface area contributed by atoms with Gasteiger partial charge in [0.2, 0.25) is 0 Å². The predicted molar refractivity (Wildman–Crippen MR) is 28.5 cm³/mol. The van der Waals surface area contributed by atoms with Crippen LogP contribution in [-0.4, -0.2) is 29.2 Å². The van der Waals surface area contributed by atoms with E-state index >= 15 is 0 Å². The summed E-state index contributed by atoms with van der Waals surface area (Å²) in [5.41, 5.74) is 0. The Kier molecular flexibility index (Phi) is 1.33. The molecule has 1 aliphatic rings. The van der Waals surface area contributed by atoms with Gasteiger partial charge in [0.05, 0.1) is 24.3 Å². The number of rotatable bonds is 2. The molecular formula is C4H6N2O3. The van der Waals surface area contributed by atoms with Gasteiger partial charge in [0.25, 0.3) is 0 Å². The zero-order valence-corrected chi connectivity index (χ0v) is 4.65. The molecule has 1 fully saturated rings. The lowest BCUT2D eigenvalue weighted by molar-refractivity contribution is -0.147. The van der Waals surface area contributed by atoms with Crippen molar-refractivity contribution in [1.29, 1.82) is 0 Å². The lowest BCUT2D eigenvalue weighted by Gasteiger charge is -2.30. The monoisotopic (exact) mass is 130 g/mol. The smallest absolute Gasteiger partial charge is 0.310 e. The first kappa shape index (κ1) is 6.00. The molecule has 0 aromatic rings. The van der Waals surface area contributed by atoms with Crippen molar-refractivity contribution in [3.05, 3.63) is 4.91 Å². The van der Waals surface area contributed by atoms with Crippen molar-refractivity contribution in [3.8, 4) is 0 Å². The molecule has 0 atom stereocenters. The summed E-state index contributed by atoms with van der Waals surface area (Å²) in [6.07, 6.45) is 0. The second kappa shape index (κ2) is 2.00. The molecule has 0 bridgehead atoms. The molecule has 1 rings (SSSR count). The van der Waals surface area contributed by atoms with Gasteiger partial charge in [-0.3, -0.25) is 9.80 Å². The number of nitroso groups, excluding NO2 is 1. The number of hydrogen-bond acceptors (Lipinski definition) is 3. The Morgan fingerprint density at radius 3 is 2.56 bits per heavy atom. The summed E-state index contributed by atoms with van der Waals surface area (Å²) in [5, 5.41) is 12.0. The van der Waals surface area contributed by atoms with Crippen LogP contribution in [0.3, 0.4) is 0 Å². The third kappa shape index (κ3) is 0.984. The van der Waals surface area contributed by atoms with Gasteiger partial charge >= 0.3 is 5.97 Å². The average Bonchev–Trinajstić information content (AvgIpc) is 1.61. The fourth-order valence-corrected chi connectivity index (χ4v) is 0.678. The summed E-state index contributed by atoms with van der Waals surface area (Å²) in [7, 11) is 0. The molecule has 1 heterocycles. The summed E-state index contributed by atoms with van der Waals surface area (Å²) < 4.78 is 0. The number of carbonyl (C=O) groups is 1. The fraction of sp³-hybridized carbons (Fsp3) is 0.750. The first-order chi connectivity index (χ1) is 4.24. The molecule has 0 amide bonds. The molecule has 0 radical (unpaired) electrons. The zero-order valence-electron chi connectivity index (χ0n) is 4.65. The summed E-state index contributed by atoms with van der Waals surface area (Å²) in [4.78, 5) is 19.7. The first-order valence-corrected chi connectivity index (χ1v) is 2.55. The van der Waals surface area contributed by atoms with E-state index in [1.165, 1.54) is 5.01 Å². The maximum absolute atomic E-state index is 10.1. The van der Waals surface area contributed by atoms with E-state index in [0.29, 0.717) is 0 Å². The molecule has 5 nitrogen and oxygen atoms in total. The van der Waals surface area contributed by atoms with Gasteiger partial charge in [0.15, 0.2) is 0 Å². The highest BCUT2D eigenvalue weighted by Crippen LogP contribution is 2.14. The molecule has 50 valence electrons. The van der Waals surface area contributed by atoms with E-state index in [1.807, 2.05) is 0 Å². The second-order valence-corrected chi connectivity index (χ2v) is 1.99. The number of hydrogen-bond donors (Lipinski definition) is 1. The number of nitrogens with zero attached hydrogens (tertiary/aromatic N) is 2. The van der Waals surface area contributed by atoms with Gasteiger partial charge in [-0.05, 0) is 0 Å². The van der Waals surface area contributed by atoms with Crippen molar-refractivity contribution < 1.29 is 9.90 Å². The summed E-state index contributed by atoms with van der Waals surface area (Å²) in [6.45, 7) is 0.525. The SMILES string of the molecule is O=NN1CC(C(=O)O)C1. The molecule has 0 aliphatic carbocycles. The number of aliphatic carboxylic acids is 1. The van der Waals surface area contributed by atoms with Crippen LogP contribution in [0, 0.1) is 10.8 Å². The van der Waals surface area contributed by atoms with Crippen LogP contribution in [0.2, 0.25) is 0 Å². The lowest BCUT2D eigenvalue weighted by atomic mass is 10.0.